The number of alkyl halides is 2. The molecule has 0 unspecified atom stereocenters. The second-order valence-corrected chi connectivity index (χ2v) is 10.0. The molecule has 0 aliphatic heterocycles. The molecule has 0 atom stereocenters. The molecule has 0 fully saturated rings. The normalized spacial score (nSPS) is 11.2. The molecule has 0 bridgehead atoms. The van der Waals surface area contributed by atoms with E-state index < -0.39 is 19.8 Å². The van der Waals surface area contributed by atoms with Crippen LogP contribution in [0.4, 0.5) is 0 Å². The molecule has 0 N–H and O–H groups in total. The van der Waals surface area contributed by atoms with Gasteiger partial charge in [-0.3, -0.25) is 0 Å². The quantitative estimate of drug-likeness (QED) is 0.484. The average Bonchev–Trinajstić information content (AvgIpc) is 2.31. The van der Waals surface area contributed by atoms with Crippen molar-refractivity contribution in [3.8, 4) is 0 Å². The molecule has 1 aromatic carbocycles. The van der Waals surface area contributed by atoms with E-state index in [4.69, 9.17) is 0 Å². The summed E-state index contributed by atoms with van der Waals surface area (Å²) in [6.45, 7) is 0. The fourth-order valence-electron chi connectivity index (χ4n) is 1.21. The Kier molecular flexibility index (Phi) is 4.17. The molecule has 0 amide bonds. The van der Waals surface area contributed by atoms with Crippen molar-refractivity contribution in [1.29, 1.82) is 0 Å². The number of halogens is 1. The Balaban J connectivity index is 2.11. The van der Waals surface area contributed by atoms with Crippen molar-refractivity contribution in [2.75, 3.05) is 9.86 Å². The molecule has 16 heavy (non-hydrogen) atoms. The molecule has 0 saturated carbocycles. The van der Waals surface area contributed by atoms with Gasteiger partial charge in [0.05, 0.1) is 0 Å². The molecular formula is C12H13IN2S. The van der Waals surface area contributed by atoms with Crippen molar-refractivity contribution >= 4 is 31.6 Å². The summed E-state index contributed by atoms with van der Waals surface area (Å²) in [7, 11) is 0. The van der Waals surface area contributed by atoms with Crippen molar-refractivity contribution in [1.82, 2.24) is 9.97 Å². The summed E-state index contributed by atoms with van der Waals surface area (Å²) in [6, 6.07) is 10.8. The van der Waals surface area contributed by atoms with E-state index in [1.807, 2.05) is 6.07 Å². The maximum atomic E-state index is 4.19. The minimum absolute atomic E-state index is 0.829. The molecule has 0 saturated heterocycles. The van der Waals surface area contributed by atoms with Crippen LogP contribution in [0, 0.1) is 3.57 Å². The molecule has 2 rings (SSSR count). The molecular weight excluding hydrogens is 331 g/mol. The molecule has 0 aliphatic carbocycles. The van der Waals surface area contributed by atoms with Crippen LogP contribution in [0.3, 0.4) is 0 Å². The van der Waals surface area contributed by atoms with E-state index in [2.05, 4.69) is 44.1 Å². The third-order valence-electron chi connectivity index (χ3n) is 2.03. The number of rotatable bonds is 3. The standard InChI is InChI=1S/C12H13IN2S/c1-13(2)10-3-5-11(6-4-10)16-12-7-8-14-9-15-12/h3-9H,1-2H3. The van der Waals surface area contributed by atoms with Crippen LogP contribution in [-0.4, -0.2) is 19.8 Å². The van der Waals surface area contributed by atoms with Crippen LogP contribution < -0.4 is 0 Å². The van der Waals surface area contributed by atoms with Crippen LogP contribution in [0.5, 0.6) is 0 Å². The number of hydrogen-bond acceptors (Lipinski definition) is 3. The molecule has 1 heterocycles. The monoisotopic (exact) mass is 344 g/mol. The Morgan fingerprint density at radius 1 is 1.06 bits per heavy atom. The van der Waals surface area contributed by atoms with Gasteiger partial charge in [-0.05, 0) is 0 Å². The van der Waals surface area contributed by atoms with Gasteiger partial charge < -0.3 is 0 Å². The first-order valence-corrected chi connectivity index (χ1v) is 11.0. The summed E-state index contributed by atoms with van der Waals surface area (Å²) < 4.78 is 1.52. The van der Waals surface area contributed by atoms with Gasteiger partial charge in [-0.25, -0.2) is 0 Å². The second kappa shape index (κ2) is 5.63. The number of aromatic nitrogens is 2. The summed E-state index contributed by atoms with van der Waals surface area (Å²) >= 11 is 0.845. The first kappa shape index (κ1) is 11.9. The molecule has 4 heteroatoms. The van der Waals surface area contributed by atoms with Crippen molar-refractivity contribution in [3.63, 3.8) is 0 Å². The van der Waals surface area contributed by atoms with Crippen molar-refractivity contribution in [3.05, 3.63) is 46.4 Å². The maximum absolute atomic E-state index is 4.19. The summed E-state index contributed by atoms with van der Waals surface area (Å²) in [6.07, 6.45) is 3.35. The fourth-order valence-corrected chi connectivity index (χ4v) is 3.75. The van der Waals surface area contributed by atoms with Gasteiger partial charge in [0, 0.05) is 0 Å². The van der Waals surface area contributed by atoms with E-state index in [-0.39, 0.29) is 0 Å². The zero-order valence-corrected chi connectivity index (χ0v) is 12.2. The van der Waals surface area contributed by atoms with Gasteiger partial charge in [0.2, 0.25) is 0 Å². The molecule has 0 spiro atoms. The first-order valence-electron chi connectivity index (χ1n) is 4.79. The molecule has 2 nitrogen and oxygen atoms in total. The predicted molar refractivity (Wildman–Crippen MR) is 77.2 cm³/mol. The molecule has 0 aliphatic rings. The minimum atomic E-state index is -0.829. The third-order valence-corrected chi connectivity index (χ3v) is 6.20. The fraction of sp³-hybridized carbons (Fsp3) is 0.167. The Morgan fingerprint density at radius 3 is 2.38 bits per heavy atom. The van der Waals surface area contributed by atoms with Crippen LogP contribution in [0.2, 0.25) is 0 Å². The summed E-state index contributed by atoms with van der Waals surface area (Å²) in [4.78, 5) is 14.1. The number of nitrogens with zero attached hydrogens (tertiary/aromatic N) is 2. The second-order valence-electron chi connectivity index (χ2n) is 3.36. The van der Waals surface area contributed by atoms with E-state index in [0.717, 1.165) is 5.03 Å². The Hall–Kier alpha value is -0.620. The van der Waals surface area contributed by atoms with E-state index in [9.17, 15) is 0 Å². The van der Waals surface area contributed by atoms with Gasteiger partial charge in [0.1, 0.15) is 0 Å². The van der Waals surface area contributed by atoms with E-state index in [0.29, 0.717) is 0 Å². The van der Waals surface area contributed by atoms with Crippen LogP contribution >= 0.6 is 31.6 Å². The van der Waals surface area contributed by atoms with E-state index in [1.165, 1.54) is 8.47 Å². The number of hydrogen-bond donors (Lipinski definition) is 0. The van der Waals surface area contributed by atoms with Gasteiger partial charge in [0.15, 0.2) is 0 Å². The third kappa shape index (κ3) is 3.18. The summed E-state index contributed by atoms with van der Waals surface area (Å²) in [5.41, 5.74) is 0. The average molecular weight is 344 g/mol. The Labute approximate surface area is 107 Å². The van der Waals surface area contributed by atoms with Gasteiger partial charge >= 0.3 is 108 Å². The topological polar surface area (TPSA) is 25.8 Å². The van der Waals surface area contributed by atoms with E-state index >= 15 is 0 Å². The van der Waals surface area contributed by atoms with Crippen molar-refractivity contribution < 1.29 is 0 Å². The van der Waals surface area contributed by atoms with Crippen LogP contribution in [0.15, 0.2) is 52.8 Å². The van der Waals surface area contributed by atoms with Gasteiger partial charge in [-0.1, -0.05) is 0 Å². The zero-order chi connectivity index (χ0) is 11.4. The summed E-state index contributed by atoms with van der Waals surface area (Å²) in [5, 5.41) is 0.992. The first-order chi connectivity index (χ1) is 7.75. The van der Waals surface area contributed by atoms with Crippen molar-refractivity contribution in [2.45, 2.75) is 9.92 Å². The molecule has 84 valence electrons. The number of benzene rings is 1. The van der Waals surface area contributed by atoms with Crippen LogP contribution in [0.25, 0.3) is 0 Å². The van der Waals surface area contributed by atoms with Gasteiger partial charge in [-0.2, -0.15) is 0 Å². The van der Waals surface area contributed by atoms with Crippen LogP contribution in [-0.2, 0) is 0 Å². The Morgan fingerprint density at radius 2 is 1.81 bits per heavy atom. The summed E-state index contributed by atoms with van der Waals surface area (Å²) in [5.74, 6) is 0. The molecule has 0 radical (unpaired) electrons. The Bertz CT molecular complexity index is 442. The van der Waals surface area contributed by atoms with Crippen molar-refractivity contribution in [2.24, 2.45) is 0 Å². The van der Waals surface area contributed by atoms with Crippen LogP contribution in [0.1, 0.15) is 0 Å². The predicted octanol–water partition coefficient (Wildman–Crippen LogP) is 3.56. The molecule has 2 aromatic rings. The zero-order valence-electron chi connectivity index (χ0n) is 9.22. The molecule has 1 aromatic heterocycles. The van der Waals surface area contributed by atoms with Gasteiger partial charge in [0.25, 0.3) is 0 Å². The van der Waals surface area contributed by atoms with Gasteiger partial charge in [-0.15, -0.1) is 0 Å². The van der Waals surface area contributed by atoms with E-state index in [1.54, 1.807) is 24.3 Å². The SMILES string of the molecule is CI(C)c1ccc(Sc2ccncn2)cc1.